The summed E-state index contributed by atoms with van der Waals surface area (Å²) < 4.78 is 10.1. The van der Waals surface area contributed by atoms with E-state index in [1.54, 1.807) is 27.7 Å². The highest BCUT2D eigenvalue weighted by Gasteiger charge is 2.33. The fourth-order valence-corrected chi connectivity index (χ4v) is 2.08. The number of nitrogens with two attached hydrogens (primary N) is 1. The monoisotopic (exact) mass is 336 g/mol. The molecule has 1 fully saturated rings. The van der Waals surface area contributed by atoms with Gasteiger partial charge in [-0.3, -0.25) is 4.79 Å². The first-order valence-corrected chi connectivity index (χ1v) is 8.06. The number of carbonyl (C=O) groups is 2. The SMILES string of the molecule is C[C@H]1CC(CN(N)C(=O)OC(C)(C)C)OC1=O.Cc1ccccc1. The third-order valence-electron chi connectivity index (χ3n) is 3.27. The minimum atomic E-state index is -0.617. The number of esters is 1. The van der Waals surface area contributed by atoms with Crippen LogP contribution in [0.1, 0.15) is 39.7 Å². The number of nitrogens with zero attached hydrogens (tertiary/aromatic N) is 1. The summed E-state index contributed by atoms with van der Waals surface area (Å²) in [4.78, 5) is 22.7. The Bertz CT molecular complexity index is 540. The molecule has 0 aliphatic carbocycles. The molecule has 0 saturated carbocycles. The van der Waals surface area contributed by atoms with E-state index in [2.05, 4.69) is 19.1 Å². The van der Waals surface area contributed by atoms with E-state index >= 15 is 0 Å². The maximum Gasteiger partial charge on any atom is 0.424 e. The first-order chi connectivity index (χ1) is 11.1. The van der Waals surface area contributed by atoms with Crippen LogP contribution >= 0.6 is 0 Å². The van der Waals surface area contributed by atoms with Crippen LogP contribution in [0.5, 0.6) is 0 Å². The Morgan fingerprint density at radius 2 is 1.92 bits per heavy atom. The lowest BCUT2D eigenvalue weighted by molar-refractivity contribution is -0.144. The molecule has 1 aliphatic heterocycles. The Kier molecular flexibility index (Phi) is 7.22. The molecule has 0 aromatic heterocycles. The molecule has 0 bridgehead atoms. The largest absolute Gasteiger partial charge is 0.460 e. The van der Waals surface area contributed by atoms with Crippen LogP contribution in [-0.4, -0.2) is 35.3 Å². The van der Waals surface area contributed by atoms with Crippen LogP contribution in [0.2, 0.25) is 0 Å². The number of ether oxygens (including phenoxy) is 2. The summed E-state index contributed by atoms with van der Waals surface area (Å²) in [5, 5.41) is 0.946. The van der Waals surface area contributed by atoms with Crippen LogP contribution in [0, 0.1) is 12.8 Å². The van der Waals surface area contributed by atoms with Gasteiger partial charge in [0.25, 0.3) is 0 Å². The molecule has 2 atom stereocenters. The van der Waals surface area contributed by atoms with Gasteiger partial charge in [0.15, 0.2) is 0 Å². The molecule has 0 radical (unpaired) electrons. The molecule has 134 valence electrons. The molecule has 1 unspecified atom stereocenters. The summed E-state index contributed by atoms with van der Waals surface area (Å²) in [5.41, 5.74) is 0.733. The highest BCUT2D eigenvalue weighted by atomic mass is 16.6. The van der Waals surface area contributed by atoms with E-state index in [4.69, 9.17) is 15.3 Å². The van der Waals surface area contributed by atoms with Crippen molar-refractivity contribution in [2.75, 3.05) is 6.54 Å². The molecular weight excluding hydrogens is 308 g/mol. The molecule has 0 spiro atoms. The second-order valence-corrected chi connectivity index (χ2v) is 6.98. The van der Waals surface area contributed by atoms with E-state index in [0.717, 1.165) is 5.01 Å². The van der Waals surface area contributed by atoms with E-state index in [1.165, 1.54) is 5.56 Å². The normalized spacial score (nSPS) is 19.8. The van der Waals surface area contributed by atoms with Crippen molar-refractivity contribution < 1.29 is 19.1 Å². The van der Waals surface area contributed by atoms with Gasteiger partial charge in [-0.05, 0) is 34.1 Å². The quantitative estimate of drug-likeness (QED) is 0.388. The molecule has 1 saturated heterocycles. The summed E-state index contributed by atoms with van der Waals surface area (Å²) >= 11 is 0. The second kappa shape index (κ2) is 8.68. The number of rotatable bonds is 2. The van der Waals surface area contributed by atoms with Crippen LogP contribution in [0.3, 0.4) is 0 Å². The van der Waals surface area contributed by atoms with Gasteiger partial charge in [0.1, 0.15) is 11.7 Å². The maximum atomic E-state index is 11.5. The van der Waals surface area contributed by atoms with Crippen LogP contribution in [-0.2, 0) is 14.3 Å². The van der Waals surface area contributed by atoms with Crippen molar-refractivity contribution in [2.45, 2.75) is 52.7 Å². The zero-order valence-corrected chi connectivity index (χ0v) is 15.1. The number of amides is 1. The molecule has 1 aromatic carbocycles. The summed E-state index contributed by atoms with van der Waals surface area (Å²) in [6.45, 7) is 9.31. The van der Waals surface area contributed by atoms with Gasteiger partial charge >= 0.3 is 12.1 Å². The Labute approximate surface area is 143 Å². The smallest absolute Gasteiger partial charge is 0.424 e. The van der Waals surface area contributed by atoms with Gasteiger partial charge < -0.3 is 9.47 Å². The lowest BCUT2D eigenvalue weighted by atomic mass is 10.1. The fourth-order valence-electron chi connectivity index (χ4n) is 2.08. The van der Waals surface area contributed by atoms with Crippen LogP contribution in [0.4, 0.5) is 4.79 Å². The predicted molar refractivity (Wildman–Crippen MR) is 92.0 cm³/mol. The Hall–Kier alpha value is -2.08. The first-order valence-electron chi connectivity index (χ1n) is 8.06. The molecule has 1 aliphatic rings. The zero-order valence-electron chi connectivity index (χ0n) is 15.1. The molecule has 6 nitrogen and oxygen atoms in total. The van der Waals surface area contributed by atoms with Gasteiger partial charge in [0, 0.05) is 0 Å². The van der Waals surface area contributed by atoms with E-state index in [9.17, 15) is 9.59 Å². The van der Waals surface area contributed by atoms with Crippen molar-refractivity contribution in [1.82, 2.24) is 5.01 Å². The van der Waals surface area contributed by atoms with Gasteiger partial charge in [-0.25, -0.2) is 15.6 Å². The van der Waals surface area contributed by atoms with Crippen molar-refractivity contribution in [1.29, 1.82) is 0 Å². The standard InChI is InChI=1S/C11H20N2O4.C7H8/c1-7-5-8(16-9(7)14)6-13(12)10(15)17-11(2,3)4;1-7-5-3-2-4-6-7/h7-8H,5-6,12H2,1-4H3;2-6H,1H3/t7-,8?;/m0./s1. The number of cyclic esters (lactones) is 1. The predicted octanol–water partition coefficient (Wildman–Crippen LogP) is 3.04. The number of benzene rings is 1. The molecule has 24 heavy (non-hydrogen) atoms. The molecule has 1 heterocycles. The highest BCUT2D eigenvalue weighted by molar-refractivity contribution is 5.74. The number of carbonyl (C=O) groups excluding carboxylic acids is 2. The summed E-state index contributed by atoms with van der Waals surface area (Å²) in [6.07, 6.45) is -0.377. The van der Waals surface area contributed by atoms with Crippen LogP contribution in [0.15, 0.2) is 30.3 Å². The lowest BCUT2D eigenvalue weighted by Gasteiger charge is -2.25. The maximum absolute atomic E-state index is 11.5. The van der Waals surface area contributed by atoms with Crippen LogP contribution in [0.25, 0.3) is 0 Å². The Morgan fingerprint density at radius 3 is 2.29 bits per heavy atom. The number of hydrogen-bond donors (Lipinski definition) is 1. The Balaban J connectivity index is 0.000000341. The zero-order chi connectivity index (χ0) is 18.3. The lowest BCUT2D eigenvalue weighted by Crippen LogP contribution is -2.45. The van der Waals surface area contributed by atoms with Gasteiger partial charge in [-0.15, -0.1) is 0 Å². The van der Waals surface area contributed by atoms with Crippen molar-refractivity contribution in [3.8, 4) is 0 Å². The highest BCUT2D eigenvalue weighted by Crippen LogP contribution is 2.21. The molecular formula is C18H28N2O4. The third kappa shape index (κ3) is 7.46. The molecule has 2 N–H and O–H groups in total. The first kappa shape index (κ1) is 20.0. The van der Waals surface area contributed by atoms with Crippen molar-refractivity contribution in [3.63, 3.8) is 0 Å². The van der Waals surface area contributed by atoms with Gasteiger partial charge in [0.05, 0.1) is 12.5 Å². The van der Waals surface area contributed by atoms with Crippen molar-refractivity contribution in [3.05, 3.63) is 35.9 Å². The molecule has 1 aromatic rings. The van der Waals surface area contributed by atoms with Crippen molar-refractivity contribution in [2.24, 2.45) is 11.8 Å². The summed E-state index contributed by atoms with van der Waals surface area (Å²) in [6, 6.07) is 10.3. The van der Waals surface area contributed by atoms with Crippen molar-refractivity contribution >= 4 is 12.1 Å². The third-order valence-corrected chi connectivity index (χ3v) is 3.27. The average molecular weight is 336 g/mol. The fraction of sp³-hybridized carbons (Fsp3) is 0.556. The summed E-state index contributed by atoms with van der Waals surface area (Å²) in [7, 11) is 0. The number of aryl methyl sites for hydroxylation is 1. The number of hydrogen-bond acceptors (Lipinski definition) is 5. The van der Waals surface area contributed by atoms with Gasteiger partial charge in [0.2, 0.25) is 0 Å². The summed E-state index contributed by atoms with van der Waals surface area (Å²) in [5.74, 6) is 5.19. The molecule has 2 rings (SSSR count). The topological polar surface area (TPSA) is 81.9 Å². The van der Waals surface area contributed by atoms with E-state index in [0.29, 0.717) is 6.42 Å². The van der Waals surface area contributed by atoms with E-state index < -0.39 is 11.7 Å². The number of hydrazine groups is 1. The Morgan fingerprint density at radius 1 is 1.33 bits per heavy atom. The van der Waals surface area contributed by atoms with E-state index in [-0.39, 0.29) is 24.5 Å². The minimum absolute atomic E-state index is 0.132. The van der Waals surface area contributed by atoms with E-state index in [1.807, 2.05) is 18.2 Å². The second-order valence-electron chi connectivity index (χ2n) is 6.98. The molecule has 1 amide bonds. The molecule has 6 heteroatoms. The van der Waals surface area contributed by atoms with Gasteiger partial charge in [-0.2, -0.15) is 0 Å². The van der Waals surface area contributed by atoms with Gasteiger partial charge in [-0.1, -0.05) is 42.8 Å². The minimum Gasteiger partial charge on any atom is -0.460 e. The van der Waals surface area contributed by atoms with Crippen LogP contribution < -0.4 is 5.84 Å². The average Bonchev–Trinajstić information content (AvgIpc) is 2.77.